The Morgan fingerprint density at radius 2 is 1.68 bits per heavy atom. The maximum absolute atomic E-state index is 13.0. The van der Waals surface area contributed by atoms with Crippen LogP contribution in [0.25, 0.3) is 0 Å². The van der Waals surface area contributed by atoms with Crippen LogP contribution in [0.3, 0.4) is 0 Å². The molecule has 0 saturated carbocycles. The second-order valence-corrected chi connectivity index (χ2v) is 8.73. The largest absolute Gasteiger partial charge is 0.349 e. The normalized spacial score (nSPS) is 19.5. The van der Waals surface area contributed by atoms with E-state index in [2.05, 4.69) is 17.9 Å². The van der Waals surface area contributed by atoms with Crippen molar-refractivity contribution in [2.75, 3.05) is 19.6 Å². The molecule has 0 radical (unpaired) electrons. The number of carbonyl (C=O) groups is 3. The van der Waals surface area contributed by atoms with Crippen molar-refractivity contribution < 1.29 is 14.4 Å². The number of rotatable bonds is 5. The molecule has 0 spiro atoms. The summed E-state index contributed by atoms with van der Waals surface area (Å²) < 4.78 is 0. The van der Waals surface area contributed by atoms with Gasteiger partial charge in [-0.1, -0.05) is 42.5 Å². The average Bonchev–Trinajstić information content (AvgIpc) is 3.15. The van der Waals surface area contributed by atoms with Gasteiger partial charge in [0.2, 0.25) is 11.8 Å². The molecule has 2 aromatic carbocycles. The monoisotopic (exact) mass is 437 g/mol. The summed E-state index contributed by atoms with van der Waals surface area (Å²) in [4.78, 5) is 42.2. The number of carbonyl (C=O) groups excluding carboxylic acids is 3. The van der Waals surface area contributed by atoms with Crippen molar-refractivity contribution in [2.24, 2.45) is 5.92 Å². The number of hydrogen-bond acceptors (Lipinski definition) is 4. The smallest absolute Gasteiger partial charge is 0.252 e. The molecule has 2 aliphatic heterocycles. The zero-order valence-electron chi connectivity index (χ0n) is 17.4. The highest BCUT2D eigenvalue weighted by molar-refractivity contribution is 7.80. The van der Waals surface area contributed by atoms with E-state index in [1.54, 1.807) is 17.0 Å². The summed E-state index contributed by atoms with van der Waals surface area (Å²) in [5, 5.41) is 3.06. The minimum atomic E-state index is -0.279. The van der Waals surface area contributed by atoms with E-state index in [1.807, 2.05) is 47.4 Å². The summed E-state index contributed by atoms with van der Waals surface area (Å²) in [5.41, 5.74) is 1.63. The van der Waals surface area contributed by atoms with Crippen LogP contribution in [-0.4, -0.2) is 53.2 Å². The van der Waals surface area contributed by atoms with Crippen molar-refractivity contribution in [2.45, 2.75) is 36.7 Å². The van der Waals surface area contributed by atoms with Gasteiger partial charge < -0.3 is 15.1 Å². The molecule has 7 heteroatoms. The molecule has 2 heterocycles. The van der Waals surface area contributed by atoms with Crippen molar-refractivity contribution >= 4 is 30.4 Å². The average molecular weight is 438 g/mol. The van der Waals surface area contributed by atoms with E-state index in [0.29, 0.717) is 49.5 Å². The van der Waals surface area contributed by atoms with Gasteiger partial charge in [0.15, 0.2) is 0 Å². The van der Waals surface area contributed by atoms with E-state index in [-0.39, 0.29) is 36.1 Å². The number of amides is 3. The van der Waals surface area contributed by atoms with Gasteiger partial charge in [0, 0.05) is 43.5 Å². The fourth-order valence-electron chi connectivity index (χ4n) is 4.33. The Balaban J connectivity index is 1.27. The van der Waals surface area contributed by atoms with E-state index in [1.165, 1.54) is 0 Å². The predicted octanol–water partition coefficient (Wildman–Crippen LogP) is 2.74. The minimum absolute atomic E-state index is 0.0317. The summed E-state index contributed by atoms with van der Waals surface area (Å²) in [7, 11) is 0. The molecule has 2 fully saturated rings. The van der Waals surface area contributed by atoms with Crippen LogP contribution in [0.2, 0.25) is 0 Å². The van der Waals surface area contributed by atoms with E-state index in [0.717, 1.165) is 5.56 Å². The number of thiol groups is 1. The van der Waals surface area contributed by atoms with Gasteiger partial charge in [-0.25, -0.2) is 0 Å². The van der Waals surface area contributed by atoms with E-state index in [4.69, 9.17) is 0 Å². The van der Waals surface area contributed by atoms with Gasteiger partial charge in [0.05, 0.1) is 11.5 Å². The lowest BCUT2D eigenvalue weighted by atomic mass is 10.0. The Labute approximate surface area is 188 Å². The molecule has 3 amide bonds. The quantitative estimate of drug-likeness (QED) is 0.707. The second kappa shape index (κ2) is 9.56. The van der Waals surface area contributed by atoms with E-state index < -0.39 is 0 Å². The Morgan fingerprint density at radius 3 is 2.39 bits per heavy atom. The Morgan fingerprint density at radius 1 is 1.00 bits per heavy atom. The molecule has 2 saturated heterocycles. The molecule has 2 aliphatic rings. The van der Waals surface area contributed by atoms with Crippen LogP contribution in [0.1, 0.15) is 35.2 Å². The zero-order valence-corrected chi connectivity index (χ0v) is 18.3. The first kappa shape index (κ1) is 21.4. The molecule has 31 heavy (non-hydrogen) atoms. The van der Waals surface area contributed by atoms with Crippen molar-refractivity contribution in [3.05, 3.63) is 65.7 Å². The fourth-order valence-corrected chi connectivity index (χ4v) is 4.59. The number of piperidine rings is 1. The molecular formula is C24H27N3O3S. The standard InChI is InChI=1S/C24H27N3O3S/c28-22-14-18(16-27(22)15-17-6-2-1-3-7-17)24(30)26-12-10-19(11-13-26)25-23(29)20-8-4-5-9-21(20)31/h1-9,18-19,31H,10-16H2,(H,25,29). The predicted molar refractivity (Wildman–Crippen MR) is 121 cm³/mol. The van der Waals surface area contributed by atoms with Gasteiger partial charge in [-0.2, -0.15) is 0 Å². The zero-order chi connectivity index (χ0) is 21.8. The third kappa shape index (κ3) is 5.10. The molecule has 6 nitrogen and oxygen atoms in total. The summed E-state index contributed by atoms with van der Waals surface area (Å²) in [6.07, 6.45) is 1.70. The number of nitrogens with one attached hydrogen (secondary N) is 1. The van der Waals surface area contributed by atoms with Crippen LogP contribution >= 0.6 is 12.6 Å². The summed E-state index contributed by atoms with van der Waals surface area (Å²) in [5.74, 6) is -0.323. The van der Waals surface area contributed by atoms with Gasteiger partial charge in [0.25, 0.3) is 5.91 Å². The number of benzene rings is 2. The van der Waals surface area contributed by atoms with Gasteiger partial charge in [-0.05, 0) is 30.5 Å². The Hall–Kier alpha value is -2.80. The van der Waals surface area contributed by atoms with Crippen LogP contribution in [0, 0.1) is 5.92 Å². The summed E-state index contributed by atoms with van der Waals surface area (Å²) >= 11 is 4.35. The van der Waals surface area contributed by atoms with Crippen molar-refractivity contribution in [3.8, 4) is 0 Å². The maximum atomic E-state index is 13.0. The minimum Gasteiger partial charge on any atom is -0.349 e. The molecule has 1 unspecified atom stereocenters. The molecule has 4 rings (SSSR count). The highest BCUT2D eigenvalue weighted by Crippen LogP contribution is 2.24. The van der Waals surface area contributed by atoms with Crippen LogP contribution in [0.15, 0.2) is 59.5 Å². The topological polar surface area (TPSA) is 69.7 Å². The SMILES string of the molecule is O=C(NC1CCN(C(=O)C2CC(=O)N(Cc3ccccc3)C2)CC1)c1ccccc1S. The molecule has 2 aromatic rings. The summed E-state index contributed by atoms with van der Waals surface area (Å²) in [6, 6.07) is 17.1. The molecule has 0 bridgehead atoms. The third-order valence-corrected chi connectivity index (χ3v) is 6.46. The molecule has 1 atom stereocenters. The van der Waals surface area contributed by atoms with E-state index in [9.17, 15) is 14.4 Å². The fraction of sp³-hybridized carbons (Fsp3) is 0.375. The first-order valence-corrected chi connectivity index (χ1v) is 11.2. The highest BCUT2D eigenvalue weighted by Gasteiger charge is 2.37. The maximum Gasteiger partial charge on any atom is 0.252 e. The Kier molecular flexibility index (Phi) is 6.61. The lowest BCUT2D eigenvalue weighted by Crippen LogP contribution is -2.48. The Bertz CT molecular complexity index is 958. The van der Waals surface area contributed by atoms with Crippen LogP contribution in [-0.2, 0) is 16.1 Å². The van der Waals surface area contributed by atoms with Gasteiger partial charge in [-0.15, -0.1) is 12.6 Å². The van der Waals surface area contributed by atoms with Crippen LogP contribution < -0.4 is 5.32 Å². The highest BCUT2D eigenvalue weighted by atomic mass is 32.1. The van der Waals surface area contributed by atoms with Gasteiger partial charge >= 0.3 is 0 Å². The van der Waals surface area contributed by atoms with Gasteiger partial charge in [0.1, 0.15) is 0 Å². The molecule has 0 aromatic heterocycles. The lowest BCUT2D eigenvalue weighted by molar-refractivity contribution is -0.136. The second-order valence-electron chi connectivity index (χ2n) is 8.25. The van der Waals surface area contributed by atoms with Crippen LogP contribution in [0.5, 0.6) is 0 Å². The van der Waals surface area contributed by atoms with Crippen molar-refractivity contribution in [1.82, 2.24) is 15.1 Å². The van der Waals surface area contributed by atoms with E-state index >= 15 is 0 Å². The van der Waals surface area contributed by atoms with Crippen LogP contribution in [0.4, 0.5) is 0 Å². The van der Waals surface area contributed by atoms with Crippen molar-refractivity contribution in [3.63, 3.8) is 0 Å². The molecule has 162 valence electrons. The van der Waals surface area contributed by atoms with Crippen molar-refractivity contribution in [1.29, 1.82) is 0 Å². The molecular weight excluding hydrogens is 410 g/mol. The number of nitrogens with zero attached hydrogens (tertiary/aromatic N) is 2. The third-order valence-electron chi connectivity index (χ3n) is 6.07. The summed E-state index contributed by atoms with van der Waals surface area (Å²) in [6.45, 7) is 2.21. The number of hydrogen-bond donors (Lipinski definition) is 2. The first-order valence-electron chi connectivity index (χ1n) is 10.7. The molecule has 1 N–H and O–H groups in total. The first-order chi connectivity index (χ1) is 15.0. The number of likely N-dealkylation sites (tertiary alicyclic amines) is 2. The lowest BCUT2D eigenvalue weighted by Gasteiger charge is -2.34. The molecule has 0 aliphatic carbocycles. The van der Waals surface area contributed by atoms with Gasteiger partial charge in [-0.3, -0.25) is 14.4 Å².